The first-order valence-electron chi connectivity index (χ1n) is 7.73. The Morgan fingerprint density at radius 3 is 2.25 bits per heavy atom. The lowest BCUT2D eigenvalue weighted by molar-refractivity contribution is -0.135. The number of ether oxygens (including phenoxy) is 1. The van der Waals surface area contributed by atoms with E-state index in [1.807, 2.05) is 0 Å². The average Bonchev–Trinajstić information content (AvgIpc) is 2.55. The molecule has 0 N–H and O–H groups in total. The van der Waals surface area contributed by atoms with Crippen LogP contribution in [0, 0.1) is 0 Å². The molecular weight excluding hydrogens is 332 g/mol. The quantitative estimate of drug-likeness (QED) is 0.709. The summed E-state index contributed by atoms with van der Waals surface area (Å²) in [6.07, 6.45) is 1.20. The first kappa shape index (κ1) is 18.4. The Morgan fingerprint density at radius 2 is 1.75 bits per heavy atom. The molecule has 1 aliphatic rings. The van der Waals surface area contributed by atoms with Gasteiger partial charge in [-0.3, -0.25) is 13.9 Å². The van der Waals surface area contributed by atoms with E-state index in [1.54, 1.807) is 29.2 Å². The van der Waals surface area contributed by atoms with E-state index >= 15 is 0 Å². The van der Waals surface area contributed by atoms with Gasteiger partial charge in [0.05, 0.1) is 25.2 Å². The summed E-state index contributed by atoms with van der Waals surface area (Å²) in [6, 6.07) is 6.33. The molecule has 0 atom stereocenters. The number of carbonyl (C=O) groups excluding carboxylic acids is 2. The lowest BCUT2D eigenvalue weighted by atomic mass is 10.1. The van der Waals surface area contributed by atoms with E-state index in [1.165, 1.54) is 11.2 Å². The lowest BCUT2D eigenvalue weighted by Crippen LogP contribution is -2.42. The van der Waals surface area contributed by atoms with Crippen molar-refractivity contribution >= 4 is 27.4 Å². The summed E-state index contributed by atoms with van der Waals surface area (Å²) in [4.78, 5) is 25.2. The number of rotatable bonds is 6. The van der Waals surface area contributed by atoms with Gasteiger partial charge in [0.25, 0.3) is 0 Å². The minimum Gasteiger partial charge on any atom is -0.378 e. The molecule has 1 aromatic rings. The average molecular weight is 354 g/mol. The number of sulfonamides is 1. The van der Waals surface area contributed by atoms with Gasteiger partial charge in [-0.1, -0.05) is 0 Å². The monoisotopic (exact) mass is 354 g/mol. The third-order valence-corrected chi connectivity index (χ3v) is 5.05. The fourth-order valence-corrected chi connectivity index (χ4v) is 3.44. The Balaban J connectivity index is 2.08. The third kappa shape index (κ3) is 4.78. The minimum absolute atomic E-state index is 0.0639. The van der Waals surface area contributed by atoms with E-state index in [2.05, 4.69) is 0 Å². The van der Waals surface area contributed by atoms with Crippen LogP contribution < -0.4 is 4.31 Å². The van der Waals surface area contributed by atoms with Gasteiger partial charge in [-0.25, -0.2) is 8.42 Å². The zero-order valence-corrected chi connectivity index (χ0v) is 14.7. The van der Waals surface area contributed by atoms with Gasteiger partial charge < -0.3 is 9.64 Å². The fraction of sp³-hybridized carbons (Fsp3) is 0.500. The second-order valence-electron chi connectivity index (χ2n) is 5.68. The molecule has 24 heavy (non-hydrogen) atoms. The van der Waals surface area contributed by atoms with Crippen molar-refractivity contribution in [3.8, 4) is 0 Å². The van der Waals surface area contributed by atoms with Crippen LogP contribution >= 0.6 is 0 Å². The second kappa shape index (κ2) is 7.76. The highest BCUT2D eigenvalue weighted by molar-refractivity contribution is 7.92. The van der Waals surface area contributed by atoms with Gasteiger partial charge in [-0.15, -0.1) is 0 Å². The van der Waals surface area contributed by atoms with Crippen molar-refractivity contribution in [1.82, 2.24) is 4.90 Å². The summed E-state index contributed by atoms with van der Waals surface area (Å²) in [6.45, 7) is 3.59. The van der Waals surface area contributed by atoms with Crippen LogP contribution in [0.2, 0.25) is 0 Å². The van der Waals surface area contributed by atoms with Gasteiger partial charge in [0.15, 0.2) is 5.78 Å². The van der Waals surface area contributed by atoms with E-state index < -0.39 is 10.0 Å². The Labute approximate surface area is 142 Å². The summed E-state index contributed by atoms with van der Waals surface area (Å²) in [7, 11) is -3.52. The van der Waals surface area contributed by atoms with Crippen LogP contribution in [0.15, 0.2) is 24.3 Å². The molecule has 0 aromatic heterocycles. The van der Waals surface area contributed by atoms with Crippen molar-refractivity contribution in [3.05, 3.63) is 29.8 Å². The number of benzene rings is 1. The molecule has 0 radical (unpaired) electrons. The number of Topliss-reactive ketones (excluding diaryl/α,β-unsaturated/α-hetero) is 1. The lowest BCUT2D eigenvalue weighted by Gasteiger charge is -2.28. The molecule has 1 aliphatic heterocycles. The highest BCUT2D eigenvalue weighted by Gasteiger charge is 2.22. The van der Waals surface area contributed by atoms with Crippen molar-refractivity contribution in [1.29, 1.82) is 0 Å². The highest BCUT2D eigenvalue weighted by atomic mass is 32.2. The first-order chi connectivity index (χ1) is 11.3. The number of morpholine rings is 1. The van der Waals surface area contributed by atoms with Crippen LogP contribution in [-0.4, -0.2) is 64.1 Å². The Kier molecular flexibility index (Phi) is 5.95. The zero-order valence-electron chi connectivity index (χ0n) is 13.9. The predicted molar refractivity (Wildman–Crippen MR) is 90.7 cm³/mol. The van der Waals surface area contributed by atoms with E-state index in [9.17, 15) is 18.0 Å². The maximum atomic E-state index is 12.2. The number of carbonyl (C=O) groups is 2. The number of nitrogens with zero attached hydrogens (tertiary/aromatic N) is 2. The van der Waals surface area contributed by atoms with Crippen molar-refractivity contribution in [3.63, 3.8) is 0 Å². The molecule has 1 amide bonds. The zero-order chi connectivity index (χ0) is 17.7. The molecule has 7 nitrogen and oxygen atoms in total. The summed E-state index contributed by atoms with van der Waals surface area (Å²) in [5.41, 5.74) is 0.953. The highest BCUT2D eigenvalue weighted by Crippen LogP contribution is 2.19. The number of hydrogen-bond donors (Lipinski definition) is 0. The SMILES string of the molecule is CC(=O)c1ccc(N(CCC(=O)N2CCOCC2)S(C)(=O)=O)cc1. The molecule has 0 aliphatic carbocycles. The second-order valence-corrected chi connectivity index (χ2v) is 7.59. The topological polar surface area (TPSA) is 84.0 Å². The molecule has 0 spiro atoms. The molecule has 0 saturated carbocycles. The van der Waals surface area contributed by atoms with Crippen LogP contribution in [0.25, 0.3) is 0 Å². The first-order valence-corrected chi connectivity index (χ1v) is 9.58. The number of ketones is 1. The third-order valence-electron chi connectivity index (χ3n) is 3.85. The Morgan fingerprint density at radius 1 is 1.17 bits per heavy atom. The predicted octanol–water partition coefficient (Wildman–Crippen LogP) is 0.904. The van der Waals surface area contributed by atoms with E-state index in [4.69, 9.17) is 4.74 Å². The van der Waals surface area contributed by atoms with Gasteiger partial charge in [0, 0.05) is 31.6 Å². The largest absolute Gasteiger partial charge is 0.378 e. The number of anilines is 1. The molecule has 1 heterocycles. The molecule has 8 heteroatoms. The molecular formula is C16H22N2O5S. The fourth-order valence-electron chi connectivity index (χ4n) is 2.52. The van der Waals surface area contributed by atoms with Gasteiger partial charge in [0.2, 0.25) is 15.9 Å². The summed E-state index contributed by atoms with van der Waals surface area (Å²) in [5, 5.41) is 0. The Bertz CT molecular complexity index is 694. The van der Waals surface area contributed by atoms with Gasteiger partial charge in [-0.2, -0.15) is 0 Å². The van der Waals surface area contributed by atoms with Crippen molar-refractivity contribution in [2.24, 2.45) is 0 Å². The summed E-state index contributed by atoms with van der Waals surface area (Å²) < 4.78 is 30.5. The summed E-state index contributed by atoms with van der Waals surface area (Å²) >= 11 is 0. The van der Waals surface area contributed by atoms with Crippen LogP contribution in [0.1, 0.15) is 23.7 Å². The van der Waals surface area contributed by atoms with Crippen molar-refractivity contribution in [2.75, 3.05) is 43.4 Å². The van der Waals surface area contributed by atoms with Crippen molar-refractivity contribution < 1.29 is 22.7 Å². The maximum Gasteiger partial charge on any atom is 0.232 e. The van der Waals surface area contributed by atoms with E-state index in [-0.39, 0.29) is 24.7 Å². The molecule has 0 unspecified atom stereocenters. The molecule has 1 saturated heterocycles. The molecule has 1 fully saturated rings. The van der Waals surface area contributed by atoms with Crippen LogP contribution in [-0.2, 0) is 19.6 Å². The van der Waals surface area contributed by atoms with Crippen LogP contribution in [0.3, 0.4) is 0 Å². The number of amides is 1. The Hall–Kier alpha value is -1.93. The molecule has 132 valence electrons. The molecule has 0 bridgehead atoms. The number of hydrogen-bond acceptors (Lipinski definition) is 5. The van der Waals surface area contributed by atoms with Crippen LogP contribution in [0.4, 0.5) is 5.69 Å². The maximum absolute atomic E-state index is 12.2. The van der Waals surface area contributed by atoms with Gasteiger partial charge in [-0.05, 0) is 31.2 Å². The van der Waals surface area contributed by atoms with Gasteiger partial charge in [0.1, 0.15) is 0 Å². The summed E-state index contributed by atoms with van der Waals surface area (Å²) in [5.74, 6) is -0.178. The van der Waals surface area contributed by atoms with Gasteiger partial charge >= 0.3 is 0 Å². The van der Waals surface area contributed by atoms with Crippen LogP contribution in [0.5, 0.6) is 0 Å². The van der Waals surface area contributed by atoms with E-state index in [0.717, 1.165) is 6.26 Å². The molecule has 2 rings (SSSR count). The standard InChI is InChI=1S/C16H22N2O5S/c1-13(19)14-3-5-15(6-4-14)18(24(2,21)22)8-7-16(20)17-9-11-23-12-10-17/h3-6H,7-12H2,1-2H3. The molecule has 1 aromatic carbocycles. The normalized spacial score (nSPS) is 15.2. The van der Waals surface area contributed by atoms with Crippen molar-refractivity contribution in [2.45, 2.75) is 13.3 Å². The van der Waals surface area contributed by atoms with E-state index in [0.29, 0.717) is 37.6 Å². The minimum atomic E-state index is -3.52. The smallest absolute Gasteiger partial charge is 0.232 e.